The van der Waals surface area contributed by atoms with E-state index in [-0.39, 0.29) is 18.1 Å². The Morgan fingerprint density at radius 3 is 2.80 bits per heavy atom. The van der Waals surface area contributed by atoms with Gasteiger partial charge in [-0.05, 0) is 25.0 Å². The van der Waals surface area contributed by atoms with Crippen LogP contribution in [0.1, 0.15) is 18.7 Å². The third-order valence-electron chi connectivity index (χ3n) is 3.49. The summed E-state index contributed by atoms with van der Waals surface area (Å²) in [4.78, 5) is 18.1. The number of phenolic OH excluding ortho intramolecular Hbond substituents is 1. The summed E-state index contributed by atoms with van der Waals surface area (Å²) in [6, 6.07) is 6.92. The van der Waals surface area contributed by atoms with E-state index in [1.807, 2.05) is 11.0 Å². The summed E-state index contributed by atoms with van der Waals surface area (Å²) in [6.07, 6.45) is 3.79. The first kappa shape index (κ1) is 12.7. The van der Waals surface area contributed by atoms with Crippen LogP contribution >= 0.6 is 0 Å². The van der Waals surface area contributed by atoms with Crippen molar-refractivity contribution in [1.82, 2.24) is 9.88 Å². The van der Waals surface area contributed by atoms with Crippen molar-refractivity contribution >= 4 is 5.91 Å². The molecule has 1 amide bonds. The van der Waals surface area contributed by atoms with Crippen LogP contribution < -0.4 is 0 Å². The average Bonchev–Trinajstić information content (AvgIpc) is 3.10. The summed E-state index contributed by atoms with van der Waals surface area (Å²) in [5, 5.41) is 9.77. The highest BCUT2D eigenvalue weighted by atomic mass is 16.3. The van der Waals surface area contributed by atoms with Gasteiger partial charge >= 0.3 is 0 Å². The summed E-state index contributed by atoms with van der Waals surface area (Å²) < 4.78 is 5.33. The number of aromatic hydroxyl groups is 1. The molecular formula is C15H16N2O3. The zero-order chi connectivity index (χ0) is 13.9. The first-order valence-corrected chi connectivity index (χ1v) is 6.74. The fraction of sp³-hybridized carbons (Fsp3) is 0.333. The Morgan fingerprint density at radius 1 is 1.30 bits per heavy atom. The molecule has 3 rings (SSSR count). The second-order valence-electron chi connectivity index (χ2n) is 4.91. The second kappa shape index (κ2) is 5.36. The van der Waals surface area contributed by atoms with Gasteiger partial charge in [-0.1, -0.05) is 12.1 Å². The van der Waals surface area contributed by atoms with E-state index in [9.17, 15) is 9.90 Å². The lowest BCUT2D eigenvalue weighted by Crippen LogP contribution is -2.29. The van der Waals surface area contributed by atoms with Crippen LogP contribution in [0.4, 0.5) is 0 Å². The number of aromatic nitrogens is 1. The topological polar surface area (TPSA) is 66.6 Å². The summed E-state index contributed by atoms with van der Waals surface area (Å²) in [5.41, 5.74) is 1.16. The first-order valence-electron chi connectivity index (χ1n) is 6.74. The van der Waals surface area contributed by atoms with Crippen molar-refractivity contribution in [2.24, 2.45) is 0 Å². The van der Waals surface area contributed by atoms with E-state index in [1.165, 1.54) is 6.26 Å². The fourth-order valence-electron chi connectivity index (χ4n) is 2.41. The Hall–Kier alpha value is -2.30. The molecule has 2 heterocycles. The molecule has 0 saturated carbocycles. The van der Waals surface area contributed by atoms with Gasteiger partial charge < -0.3 is 14.4 Å². The van der Waals surface area contributed by atoms with Crippen LogP contribution in [0, 0.1) is 0 Å². The molecule has 0 aliphatic carbocycles. The lowest BCUT2D eigenvalue weighted by molar-refractivity contribution is -0.129. The van der Waals surface area contributed by atoms with Crippen LogP contribution in [0.15, 0.2) is 34.9 Å². The molecule has 5 heteroatoms. The smallest absolute Gasteiger partial charge is 0.231 e. The lowest BCUT2D eigenvalue weighted by atomic mass is 10.1. The molecule has 5 nitrogen and oxygen atoms in total. The molecule has 104 valence electrons. The van der Waals surface area contributed by atoms with Gasteiger partial charge in [0.05, 0.1) is 0 Å². The van der Waals surface area contributed by atoms with Gasteiger partial charge in [0.25, 0.3) is 0 Å². The minimum Gasteiger partial charge on any atom is -0.507 e. The second-order valence-corrected chi connectivity index (χ2v) is 4.91. The van der Waals surface area contributed by atoms with Crippen LogP contribution in [-0.4, -0.2) is 34.0 Å². The monoisotopic (exact) mass is 272 g/mol. The summed E-state index contributed by atoms with van der Waals surface area (Å²) in [6.45, 7) is 1.65. The highest BCUT2D eigenvalue weighted by Crippen LogP contribution is 2.27. The van der Waals surface area contributed by atoms with Crippen molar-refractivity contribution in [2.45, 2.75) is 19.3 Å². The molecule has 1 N–H and O–H groups in total. The Bertz CT molecular complexity index is 615. The molecule has 1 aliphatic heterocycles. The number of hydrogen-bond donors (Lipinski definition) is 1. The molecule has 1 aromatic heterocycles. The van der Waals surface area contributed by atoms with Gasteiger partial charge in [-0.25, -0.2) is 4.98 Å². The number of carbonyl (C=O) groups excluding carboxylic acids is 1. The van der Waals surface area contributed by atoms with Crippen molar-refractivity contribution in [2.75, 3.05) is 13.1 Å². The quantitative estimate of drug-likeness (QED) is 0.930. The van der Waals surface area contributed by atoms with Crippen molar-refractivity contribution in [3.05, 3.63) is 36.4 Å². The number of rotatable bonds is 3. The van der Waals surface area contributed by atoms with Gasteiger partial charge in [0, 0.05) is 18.7 Å². The van der Waals surface area contributed by atoms with E-state index in [1.54, 1.807) is 18.2 Å². The molecule has 0 bridgehead atoms. The number of benzene rings is 1. The molecule has 2 aromatic rings. The van der Waals surface area contributed by atoms with E-state index in [0.717, 1.165) is 25.9 Å². The minimum atomic E-state index is 0.0492. The molecule has 20 heavy (non-hydrogen) atoms. The minimum absolute atomic E-state index is 0.0492. The molecule has 0 unspecified atom stereocenters. The zero-order valence-corrected chi connectivity index (χ0v) is 11.1. The van der Waals surface area contributed by atoms with E-state index < -0.39 is 0 Å². The van der Waals surface area contributed by atoms with E-state index in [2.05, 4.69) is 4.98 Å². The molecule has 1 aromatic carbocycles. The molecule has 0 spiro atoms. The third-order valence-corrected chi connectivity index (χ3v) is 3.49. The Balaban J connectivity index is 1.74. The van der Waals surface area contributed by atoms with Gasteiger partial charge in [-0.3, -0.25) is 4.79 Å². The number of nitrogens with zero attached hydrogens (tertiary/aromatic N) is 2. The predicted octanol–water partition coefficient (Wildman–Crippen LogP) is 2.21. The van der Waals surface area contributed by atoms with Crippen LogP contribution in [0.2, 0.25) is 0 Å². The van der Waals surface area contributed by atoms with E-state index in [4.69, 9.17) is 4.42 Å². The molecule has 1 saturated heterocycles. The van der Waals surface area contributed by atoms with Gasteiger partial charge in [0.15, 0.2) is 0 Å². The maximum Gasteiger partial charge on any atom is 0.231 e. The van der Waals surface area contributed by atoms with Crippen molar-refractivity contribution in [1.29, 1.82) is 0 Å². The summed E-state index contributed by atoms with van der Waals surface area (Å²) in [7, 11) is 0. The molecule has 1 fully saturated rings. The highest BCUT2D eigenvalue weighted by molar-refractivity contribution is 5.78. The number of oxazole rings is 1. The van der Waals surface area contributed by atoms with Gasteiger partial charge in [-0.15, -0.1) is 0 Å². The number of amides is 1. The van der Waals surface area contributed by atoms with Gasteiger partial charge in [0.2, 0.25) is 11.8 Å². The van der Waals surface area contributed by atoms with E-state index in [0.29, 0.717) is 17.1 Å². The third kappa shape index (κ3) is 2.52. The van der Waals surface area contributed by atoms with Crippen LogP contribution in [0.3, 0.4) is 0 Å². The average molecular weight is 272 g/mol. The SMILES string of the molecule is O=C(Cc1nc(-c2ccccc2O)co1)N1CCCC1. The number of phenols is 1. The zero-order valence-electron chi connectivity index (χ0n) is 11.1. The number of hydrogen-bond acceptors (Lipinski definition) is 4. The Kier molecular flexibility index (Phi) is 3.41. The summed E-state index contributed by atoms with van der Waals surface area (Å²) in [5.74, 6) is 0.589. The first-order chi connectivity index (χ1) is 9.74. The molecule has 1 aliphatic rings. The van der Waals surface area contributed by atoms with Gasteiger partial charge in [0.1, 0.15) is 24.1 Å². The highest BCUT2D eigenvalue weighted by Gasteiger charge is 2.20. The van der Waals surface area contributed by atoms with Crippen LogP contribution in [0.25, 0.3) is 11.3 Å². The maximum absolute atomic E-state index is 12.0. The van der Waals surface area contributed by atoms with Crippen molar-refractivity contribution in [3.63, 3.8) is 0 Å². The summed E-state index contributed by atoms with van der Waals surface area (Å²) >= 11 is 0. The standard InChI is InChI=1S/C15H16N2O3/c18-13-6-2-1-5-11(13)12-10-20-14(16-12)9-15(19)17-7-3-4-8-17/h1-2,5-6,10,18H,3-4,7-9H2. The molecule has 0 radical (unpaired) electrons. The number of likely N-dealkylation sites (tertiary alicyclic amines) is 1. The Labute approximate surface area is 116 Å². The molecule has 0 atom stereocenters. The van der Waals surface area contributed by atoms with Crippen molar-refractivity contribution < 1.29 is 14.3 Å². The number of carbonyl (C=O) groups is 1. The normalized spacial score (nSPS) is 14.7. The maximum atomic E-state index is 12.0. The van der Waals surface area contributed by atoms with Crippen LogP contribution in [0.5, 0.6) is 5.75 Å². The van der Waals surface area contributed by atoms with Crippen molar-refractivity contribution in [3.8, 4) is 17.0 Å². The van der Waals surface area contributed by atoms with Gasteiger partial charge in [-0.2, -0.15) is 0 Å². The predicted molar refractivity (Wildman–Crippen MR) is 73.1 cm³/mol. The Morgan fingerprint density at radius 2 is 2.05 bits per heavy atom. The van der Waals surface area contributed by atoms with Crippen LogP contribution in [-0.2, 0) is 11.2 Å². The van der Waals surface area contributed by atoms with E-state index >= 15 is 0 Å². The lowest BCUT2D eigenvalue weighted by Gasteiger charge is -2.13. The largest absolute Gasteiger partial charge is 0.507 e. The number of para-hydroxylation sites is 1. The fourth-order valence-corrected chi connectivity index (χ4v) is 2.41. The molecular weight excluding hydrogens is 256 g/mol.